The Bertz CT molecular complexity index is 937. The number of pyridine rings is 1. The van der Waals surface area contributed by atoms with Crippen LogP contribution in [0.3, 0.4) is 0 Å². The maximum atomic E-state index is 13.5. The van der Waals surface area contributed by atoms with E-state index in [0.29, 0.717) is 12.1 Å². The Labute approximate surface area is 188 Å². The van der Waals surface area contributed by atoms with Crippen LogP contribution >= 0.6 is 0 Å². The molecule has 2 aromatic rings. The zero-order valence-corrected chi connectivity index (χ0v) is 18.4. The van der Waals surface area contributed by atoms with Crippen LogP contribution in [-0.4, -0.2) is 59.6 Å². The Morgan fingerprint density at radius 2 is 2.12 bits per heavy atom. The number of carboxylic acids is 1. The number of fused-ring (bicyclic) bond motifs is 1. The second-order valence-corrected chi connectivity index (χ2v) is 8.12. The Morgan fingerprint density at radius 1 is 1.28 bits per heavy atom. The summed E-state index contributed by atoms with van der Waals surface area (Å²) in [6, 6.07) is 9.64. The summed E-state index contributed by atoms with van der Waals surface area (Å²) in [7, 11) is 0. The number of anilines is 1. The first-order chi connectivity index (χ1) is 15.5. The van der Waals surface area contributed by atoms with Crippen molar-refractivity contribution in [3.8, 4) is 0 Å². The fraction of sp³-hybridized carbons (Fsp3) is 0.458. The highest BCUT2D eigenvalue weighted by molar-refractivity contribution is 5.80. The van der Waals surface area contributed by atoms with Crippen molar-refractivity contribution in [2.24, 2.45) is 0 Å². The third kappa shape index (κ3) is 6.75. The lowest BCUT2D eigenvalue weighted by Crippen LogP contribution is -2.41. The van der Waals surface area contributed by atoms with Crippen LogP contribution in [-0.2, 0) is 22.4 Å². The average Bonchev–Trinajstić information content (AvgIpc) is 2.77. The third-order valence-electron chi connectivity index (χ3n) is 5.60. The van der Waals surface area contributed by atoms with Crippen LogP contribution in [0.15, 0.2) is 36.4 Å². The minimum absolute atomic E-state index is 0.0877. The largest absolute Gasteiger partial charge is 0.481 e. The molecule has 0 bridgehead atoms. The zero-order chi connectivity index (χ0) is 22.9. The van der Waals surface area contributed by atoms with Gasteiger partial charge < -0.3 is 15.7 Å². The van der Waals surface area contributed by atoms with Gasteiger partial charge in [-0.25, -0.2) is 9.37 Å². The highest BCUT2D eigenvalue weighted by atomic mass is 19.1. The van der Waals surface area contributed by atoms with Crippen LogP contribution in [0.2, 0.25) is 0 Å². The van der Waals surface area contributed by atoms with Crippen LogP contribution < -0.4 is 10.6 Å². The standard InChI is InChI=1S/C24H31FN4O3/c1-2-12-29(13-10-20-9-8-17-6-4-11-26-23(17)28-20)16-22(30)27-15-21(24(31)32)18-5-3-7-19(25)14-18/h3,5,7-9,14,21H,2,4,6,10-13,15-16H2,1H3,(H,26,28)(H,27,30)(H,31,32)/t21-/m1/s1. The fourth-order valence-corrected chi connectivity index (χ4v) is 3.91. The van der Waals surface area contributed by atoms with E-state index < -0.39 is 17.7 Å². The average molecular weight is 443 g/mol. The van der Waals surface area contributed by atoms with E-state index in [1.807, 2.05) is 11.0 Å². The fourth-order valence-electron chi connectivity index (χ4n) is 3.91. The Morgan fingerprint density at radius 3 is 2.88 bits per heavy atom. The van der Waals surface area contributed by atoms with Gasteiger partial charge in [-0.1, -0.05) is 25.1 Å². The van der Waals surface area contributed by atoms with Crippen molar-refractivity contribution in [1.82, 2.24) is 15.2 Å². The summed E-state index contributed by atoms with van der Waals surface area (Å²) >= 11 is 0. The normalized spacial score (nSPS) is 13.8. The number of nitrogens with zero attached hydrogens (tertiary/aromatic N) is 2. The van der Waals surface area contributed by atoms with Gasteiger partial charge in [0.05, 0.1) is 12.5 Å². The maximum Gasteiger partial charge on any atom is 0.312 e. The molecule has 3 N–H and O–H groups in total. The third-order valence-corrected chi connectivity index (χ3v) is 5.60. The van der Waals surface area contributed by atoms with Gasteiger partial charge in [0.1, 0.15) is 11.6 Å². The van der Waals surface area contributed by atoms with Gasteiger partial charge in [-0.05, 0) is 55.1 Å². The van der Waals surface area contributed by atoms with Crippen LogP contribution in [0, 0.1) is 5.82 Å². The first kappa shape index (κ1) is 23.7. The second kappa shape index (κ2) is 11.6. The van der Waals surface area contributed by atoms with Gasteiger partial charge in [0.2, 0.25) is 5.91 Å². The number of aliphatic carboxylic acids is 1. The highest BCUT2D eigenvalue weighted by Crippen LogP contribution is 2.20. The predicted molar refractivity (Wildman–Crippen MR) is 121 cm³/mol. The van der Waals surface area contributed by atoms with Gasteiger partial charge in [0.25, 0.3) is 0 Å². The molecule has 0 spiro atoms. The SMILES string of the molecule is CCCN(CCc1ccc2c(n1)NCCC2)CC(=O)NC[C@@H](C(=O)O)c1cccc(F)c1. The zero-order valence-electron chi connectivity index (χ0n) is 18.4. The number of benzene rings is 1. The molecule has 3 rings (SSSR count). The molecule has 0 saturated carbocycles. The van der Waals surface area contributed by atoms with Gasteiger partial charge in [0.15, 0.2) is 0 Å². The number of hydrogen-bond donors (Lipinski definition) is 3. The molecule has 0 radical (unpaired) electrons. The van der Waals surface area contributed by atoms with E-state index in [-0.39, 0.29) is 19.0 Å². The number of halogens is 1. The summed E-state index contributed by atoms with van der Waals surface area (Å²) < 4.78 is 13.5. The monoisotopic (exact) mass is 442 g/mol. The second-order valence-electron chi connectivity index (χ2n) is 8.12. The molecule has 1 aromatic heterocycles. The molecule has 0 unspecified atom stereocenters. The topological polar surface area (TPSA) is 94.6 Å². The number of carbonyl (C=O) groups excluding carboxylic acids is 1. The van der Waals surface area contributed by atoms with Crippen LogP contribution in [0.1, 0.15) is 42.5 Å². The minimum atomic E-state index is -1.10. The summed E-state index contributed by atoms with van der Waals surface area (Å²) in [5, 5.41) is 15.5. The van der Waals surface area contributed by atoms with Gasteiger partial charge in [-0.15, -0.1) is 0 Å². The number of amides is 1. The molecular weight excluding hydrogens is 411 g/mol. The summed E-state index contributed by atoms with van der Waals surface area (Å²) in [6.07, 6.45) is 3.79. The molecule has 0 fully saturated rings. The van der Waals surface area contributed by atoms with E-state index in [0.717, 1.165) is 50.3 Å². The maximum absolute atomic E-state index is 13.5. The number of hydrogen-bond acceptors (Lipinski definition) is 5. The molecule has 1 aliphatic rings. The Balaban J connectivity index is 1.53. The van der Waals surface area contributed by atoms with Crippen molar-refractivity contribution >= 4 is 17.7 Å². The number of aromatic nitrogens is 1. The summed E-state index contributed by atoms with van der Waals surface area (Å²) in [4.78, 5) is 30.9. The minimum Gasteiger partial charge on any atom is -0.481 e. The van der Waals surface area contributed by atoms with Gasteiger partial charge in [0, 0.05) is 31.7 Å². The molecule has 8 heteroatoms. The molecule has 7 nitrogen and oxygen atoms in total. The van der Waals surface area contributed by atoms with Crippen LogP contribution in [0.5, 0.6) is 0 Å². The molecule has 0 saturated heterocycles. The van der Waals surface area contributed by atoms with E-state index in [9.17, 15) is 19.1 Å². The van der Waals surface area contributed by atoms with Crippen LogP contribution in [0.25, 0.3) is 0 Å². The van der Waals surface area contributed by atoms with Gasteiger partial charge in [-0.2, -0.15) is 0 Å². The molecule has 1 aromatic carbocycles. The number of carbonyl (C=O) groups is 2. The van der Waals surface area contributed by atoms with Crippen LogP contribution in [0.4, 0.5) is 10.2 Å². The van der Waals surface area contributed by atoms with Crippen molar-refractivity contribution in [3.63, 3.8) is 0 Å². The number of rotatable bonds is 11. The first-order valence-corrected chi connectivity index (χ1v) is 11.2. The lowest BCUT2D eigenvalue weighted by molar-refractivity contribution is -0.138. The summed E-state index contributed by atoms with van der Waals surface area (Å²) in [5.74, 6) is -1.89. The van der Waals surface area contributed by atoms with E-state index >= 15 is 0 Å². The molecule has 32 heavy (non-hydrogen) atoms. The van der Waals surface area contributed by atoms with E-state index in [1.54, 1.807) is 6.07 Å². The molecule has 1 amide bonds. The lowest BCUT2D eigenvalue weighted by atomic mass is 9.99. The molecule has 2 heterocycles. The van der Waals surface area contributed by atoms with E-state index in [2.05, 4.69) is 23.6 Å². The van der Waals surface area contributed by atoms with Crippen molar-refractivity contribution in [1.29, 1.82) is 0 Å². The van der Waals surface area contributed by atoms with E-state index in [4.69, 9.17) is 4.98 Å². The van der Waals surface area contributed by atoms with Crippen molar-refractivity contribution in [2.45, 2.75) is 38.5 Å². The number of carboxylic acid groups (broad SMARTS) is 1. The van der Waals surface area contributed by atoms with Gasteiger partial charge in [-0.3, -0.25) is 14.5 Å². The molecule has 1 atom stereocenters. The first-order valence-electron chi connectivity index (χ1n) is 11.2. The Hall–Kier alpha value is -3.00. The molecule has 172 valence electrons. The predicted octanol–water partition coefficient (Wildman–Crippen LogP) is 2.82. The lowest BCUT2D eigenvalue weighted by Gasteiger charge is -2.22. The van der Waals surface area contributed by atoms with Crippen molar-refractivity contribution in [2.75, 3.05) is 38.0 Å². The smallest absolute Gasteiger partial charge is 0.312 e. The summed E-state index contributed by atoms with van der Waals surface area (Å²) in [5.41, 5.74) is 2.56. The number of nitrogens with one attached hydrogen (secondary N) is 2. The van der Waals surface area contributed by atoms with Crippen molar-refractivity contribution < 1.29 is 19.1 Å². The summed E-state index contributed by atoms with van der Waals surface area (Å²) in [6.45, 7) is 4.51. The highest BCUT2D eigenvalue weighted by Gasteiger charge is 2.22. The molecule has 1 aliphatic heterocycles. The van der Waals surface area contributed by atoms with Crippen molar-refractivity contribution in [3.05, 3.63) is 59.0 Å². The molecule has 0 aliphatic carbocycles. The van der Waals surface area contributed by atoms with E-state index in [1.165, 1.54) is 23.8 Å². The number of aryl methyl sites for hydroxylation is 1. The van der Waals surface area contributed by atoms with Gasteiger partial charge >= 0.3 is 5.97 Å². The quantitative estimate of drug-likeness (QED) is 0.495. The Kier molecular flexibility index (Phi) is 8.56. The molecular formula is C24H31FN4O3.